The van der Waals surface area contributed by atoms with Gasteiger partial charge in [-0.05, 0) is 67.3 Å². The molecule has 1 aromatic heterocycles. The minimum absolute atomic E-state index is 0.113. The Hall–Kier alpha value is -5.27. The topological polar surface area (TPSA) is 130 Å². The number of aliphatic imine (C=N–C) groups is 1. The third kappa shape index (κ3) is 8.21. The lowest BCUT2D eigenvalue weighted by Gasteiger charge is -2.28. The minimum Gasteiger partial charge on any atom is -0.445 e. The summed E-state index contributed by atoms with van der Waals surface area (Å²) in [6.07, 6.45) is 4.13. The normalized spacial score (nSPS) is 19.8. The molecule has 0 spiro atoms. The van der Waals surface area contributed by atoms with Gasteiger partial charge < -0.3 is 19.7 Å². The average molecular weight is 706 g/mol. The third-order valence-electron chi connectivity index (χ3n) is 9.03. The van der Waals surface area contributed by atoms with Gasteiger partial charge in [-0.3, -0.25) is 29.4 Å². The van der Waals surface area contributed by atoms with Gasteiger partial charge in [0.1, 0.15) is 17.9 Å². The molecule has 1 unspecified atom stereocenters. The lowest BCUT2D eigenvalue weighted by Crippen LogP contribution is -2.43. The van der Waals surface area contributed by atoms with Gasteiger partial charge in [-0.25, -0.2) is 9.79 Å². The minimum atomic E-state index is -0.625. The first kappa shape index (κ1) is 34.2. The molecule has 262 valence electrons. The molecule has 51 heavy (non-hydrogen) atoms. The number of morpholine rings is 1. The summed E-state index contributed by atoms with van der Waals surface area (Å²) in [6.45, 7) is 5.81. The molecular weight excluding hydrogens is 667 g/mol. The zero-order valence-corrected chi connectivity index (χ0v) is 29.1. The Labute approximate surface area is 300 Å². The molecule has 12 nitrogen and oxygen atoms in total. The van der Waals surface area contributed by atoms with Crippen molar-refractivity contribution < 1.29 is 23.9 Å². The highest BCUT2D eigenvalue weighted by molar-refractivity contribution is 8.15. The van der Waals surface area contributed by atoms with Gasteiger partial charge in [0.15, 0.2) is 5.17 Å². The van der Waals surface area contributed by atoms with E-state index in [9.17, 15) is 14.4 Å². The second-order valence-corrected chi connectivity index (χ2v) is 13.7. The van der Waals surface area contributed by atoms with Crippen molar-refractivity contribution in [2.24, 2.45) is 4.99 Å². The highest BCUT2D eigenvalue weighted by atomic mass is 32.2. The van der Waals surface area contributed by atoms with E-state index in [1.165, 1.54) is 16.7 Å². The molecule has 0 aliphatic carbocycles. The number of aryl methyl sites for hydroxylation is 1. The molecule has 4 heterocycles. The molecule has 4 aromatic rings. The van der Waals surface area contributed by atoms with E-state index in [-0.39, 0.29) is 25.0 Å². The molecule has 3 aliphatic rings. The Balaban J connectivity index is 1.03. The number of benzene rings is 3. The van der Waals surface area contributed by atoms with Crippen molar-refractivity contribution in [2.45, 2.75) is 44.2 Å². The SMILES string of the molecule is Cc1cnc(CN2C(=O)C(c3ccc(NC(=O)[C@@H]4CCCN4C(=O)OCc4ccccc4)cc3)S/C2=N\c2ccc(N3CCOCC3)cc2)cn1. The van der Waals surface area contributed by atoms with Crippen LogP contribution in [0.4, 0.5) is 21.9 Å². The first-order chi connectivity index (χ1) is 24.9. The van der Waals surface area contributed by atoms with Crippen LogP contribution in [0, 0.1) is 6.92 Å². The maximum absolute atomic E-state index is 14.0. The Kier molecular flexibility index (Phi) is 10.5. The molecule has 0 radical (unpaired) electrons. The second kappa shape index (κ2) is 15.7. The zero-order chi connectivity index (χ0) is 35.2. The molecule has 3 fully saturated rings. The molecule has 13 heteroatoms. The van der Waals surface area contributed by atoms with Gasteiger partial charge in [0.05, 0.1) is 43.0 Å². The van der Waals surface area contributed by atoms with Crippen molar-refractivity contribution in [2.75, 3.05) is 43.1 Å². The van der Waals surface area contributed by atoms with Crippen molar-refractivity contribution in [1.82, 2.24) is 19.8 Å². The Morgan fingerprint density at radius 3 is 2.45 bits per heavy atom. The van der Waals surface area contributed by atoms with Crippen LogP contribution in [-0.2, 0) is 32.2 Å². The van der Waals surface area contributed by atoms with Gasteiger partial charge in [-0.2, -0.15) is 0 Å². The van der Waals surface area contributed by atoms with Crippen molar-refractivity contribution in [1.29, 1.82) is 0 Å². The predicted molar refractivity (Wildman–Crippen MR) is 196 cm³/mol. The number of carbonyl (C=O) groups excluding carboxylic acids is 3. The monoisotopic (exact) mass is 705 g/mol. The fraction of sp³-hybridized carbons (Fsp3) is 0.316. The molecule has 3 saturated heterocycles. The predicted octanol–water partition coefficient (Wildman–Crippen LogP) is 5.87. The van der Waals surface area contributed by atoms with Gasteiger partial charge >= 0.3 is 6.09 Å². The van der Waals surface area contributed by atoms with E-state index < -0.39 is 17.4 Å². The molecular formula is C38H39N7O5S. The molecule has 0 bridgehead atoms. The number of hydrogen-bond acceptors (Lipinski definition) is 10. The van der Waals surface area contributed by atoms with E-state index in [4.69, 9.17) is 14.5 Å². The molecule has 7 rings (SSSR count). The number of aromatic nitrogens is 2. The Morgan fingerprint density at radius 2 is 1.73 bits per heavy atom. The quantitative estimate of drug-likeness (QED) is 0.228. The van der Waals surface area contributed by atoms with Gasteiger partial charge in [-0.1, -0.05) is 54.2 Å². The summed E-state index contributed by atoms with van der Waals surface area (Å²) in [5.41, 5.74) is 5.54. The fourth-order valence-electron chi connectivity index (χ4n) is 6.26. The van der Waals surface area contributed by atoms with Crippen LogP contribution in [0.25, 0.3) is 0 Å². The Morgan fingerprint density at radius 1 is 0.961 bits per heavy atom. The summed E-state index contributed by atoms with van der Waals surface area (Å²) < 4.78 is 11.0. The second-order valence-electron chi connectivity index (χ2n) is 12.6. The van der Waals surface area contributed by atoms with E-state index in [2.05, 4.69) is 20.2 Å². The van der Waals surface area contributed by atoms with Crippen LogP contribution in [-0.4, -0.2) is 81.7 Å². The van der Waals surface area contributed by atoms with E-state index in [1.807, 2.05) is 73.7 Å². The number of hydrogen-bond donors (Lipinski definition) is 1. The number of anilines is 2. The first-order valence-electron chi connectivity index (χ1n) is 17.1. The number of amides is 3. The zero-order valence-electron chi connectivity index (χ0n) is 28.3. The third-order valence-corrected chi connectivity index (χ3v) is 10.3. The Bertz CT molecular complexity index is 1870. The van der Waals surface area contributed by atoms with Crippen LogP contribution in [0.15, 0.2) is 96.2 Å². The van der Waals surface area contributed by atoms with E-state index in [1.54, 1.807) is 29.4 Å². The number of thioether (sulfide) groups is 1. The van der Waals surface area contributed by atoms with Crippen molar-refractivity contribution >= 4 is 51.9 Å². The van der Waals surface area contributed by atoms with Crippen LogP contribution in [0.5, 0.6) is 0 Å². The molecule has 3 aliphatic heterocycles. The van der Waals surface area contributed by atoms with Crippen LogP contribution in [0.1, 0.15) is 40.6 Å². The molecule has 3 amide bonds. The number of amidine groups is 1. The van der Waals surface area contributed by atoms with Crippen LogP contribution in [0.2, 0.25) is 0 Å². The number of carbonyl (C=O) groups is 3. The summed E-state index contributed by atoms with van der Waals surface area (Å²) in [5.74, 6) is -0.388. The number of ether oxygens (including phenoxy) is 2. The van der Waals surface area contributed by atoms with Gasteiger partial charge in [-0.15, -0.1) is 0 Å². The summed E-state index contributed by atoms with van der Waals surface area (Å²) >= 11 is 1.38. The summed E-state index contributed by atoms with van der Waals surface area (Å²) in [6, 6.07) is 24.1. The van der Waals surface area contributed by atoms with E-state index in [0.29, 0.717) is 49.1 Å². The van der Waals surface area contributed by atoms with E-state index >= 15 is 0 Å². The number of nitrogens with zero attached hydrogens (tertiary/aromatic N) is 6. The standard InChI is InChI=1S/C38H39N7O5S/c1-26-22-40-31(23-39-26)24-45-36(47)34(51-37(45)42-30-13-15-32(16-14-30)43-18-20-49-21-19-43)28-9-11-29(12-10-28)41-35(46)33-8-5-17-44(33)38(48)50-25-27-6-3-2-4-7-27/h2-4,6-7,9-16,22-23,33-34H,5,8,17-21,24-25H2,1H3,(H,41,46)/b42-37-/t33-,34?/m0/s1. The highest BCUT2D eigenvalue weighted by Gasteiger charge is 2.40. The summed E-state index contributed by atoms with van der Waals surface area (Å²) in [5, 5.41) is 2.98. The highest BCUT2D eigenvalue weighted by Crippen LogP contribution is 2.41. The van der Waals surface area contributed by atoms with Crippen LogP contribution < -0.4 is 10.2 Å². The van der Waals surface area contributed by atoms with Crippen molar-refractivity contribution in [3.63, 3.8) is 0 Å². The van der Waals surface area contributed by atoms with Gasteiger partial charge in [0, 0.05) is 37.2 Å². The van der Waals surface area contributed by atoms with Crippen LogP contribution in [0.3, 0.4) is 0 Å². The maximum Gasteiger partial charge on any atom is 0.410 e. The summed E-state index contributed by atoms with van der Waals surface area (Å²) in [7, 11) is 0. The smallest absolute Gasteiger partial charge is 0.410 e. The number of nitrogens with one attached hydrogen (secondary N) is 1. The molecule has 3 aromatic carbocycles. The van der Waals surface area contributed by atoms with Gasteiger partial charge in [0.25, 0.3) is 0 Å². The maximum atomic E-state index is 14.0. The number of rotatable bonds is 9. The largest absolute Gasteiger partial charge is 0.445 e. The molecule has 0 saturated carbocycles. The lowest BCUT2D eigenvalue weighted by molar-refractivity contribution is -0.126. The lowest BCUT2D eigenvalue weighted by atomic mass is 10.1. The van der Waals surface area contributed by atoms with Crippen molar-refractivity contribution in [3.05, 3.63) is 114 Å². The first-order valence-corrected chi connectivity index (χ1v) is 17.9. The van der Waals surface area contributed by atoms with E-state index in [0.717, 1.165) is 41.3 Å². The molecule has 1 N–H and O–H groups in total. The molecule has 2 atom stereocenters. The van der Waals surface area contributed by atoms with Crippen LogP contribution >= 0.6 is 11.8 Å². The number of likely N-dealkylation sites (tertiary alicyclic amines) is 1. The summed E-state index contributed by atoms with van der Waals surface area (Å²) in [4.78, 5) is 59.3. The van der Waals surface area contributed by atoms with Crippen molar-refractivity contribution in [3.8, 4) is 0 Å². The fourth-order valence-corrected chi connectivity index (χ4v) is 7.43. The van der Waals surface area contributed by atoms with Gasteiger partial charge in [0.2, 0.25) is 11.8 Å². The average Bonchev–Trinajstić information content (AvgIpc) is 3.78.